The molecule has 2 aromatic rings. The molecule has 1 heterocycles. The number of aromatic carboxylic acids is 1. The predicted molar refractivity (Wildman–Crippen MR) is 67.3 cm³/mol. The molecule has 0 unspecified atom stereocenters. The highest BCUT2D eigenvalue weighted by Crippen LogP contribution is 2.26. The van der Waals surface area contributed by atoms with Crippen molar-refractivity contribution in [1.82, 2.24) is 15.0 Å². The Kier molecular flexibility index (Phi) is 3.33. The highest BCUT2D eigenvalue weighted by molar-refractivity contribution is 9.10. The van der Waals surface area contributed by atoms with Gasteiger partial charge in [0.1, 0.15) is 5.75 Å². The first-order valence-electron chi connectivity index (χ1n) is 5.04. The van der Waals surface area contributed by atoms with Crippen LogP contribution in [0.5, 0.6) is 5.75 Å². The van der Waals surface area contributed by atoms with Crippen LogP contribution in [0.1, 0.15) is 16.2 Å². The smallest absolute Gasteiger partial charge is 0.358 e. The molecule has 0 bridgehead atoms. The molecule has 18 heavy (non-hydrogen) atoms. The minimum absolute atomic E-state index is 0.0651. The molecular formula is C11H10BrN3O3. The first-order valence-corrected chi connectivity index (χ1v) is 5.83. The van der Waals surface area contributed by atoms with Crippen molar-refractivity contribution in [3.63, 3.8) is 0 Å². The Balaban J connectivity index is 2.58. The van der Waals surface area contributed by atoms with E-state index in [1.807, 2.05) is 0 Å². The second-order valence-corrected chi connectivity index (χ2v) is 4.41. The molecule has 2 rings (SSSR count). The van der Waals surface area contributed by atoms with E-state index in [0.717, 1.165) is 4.47 Å². The Morgan fingerprint density at radius 3 is 2.78 bits per heavy atom. The molecule has 0 saturated heterocycles. The Morgan fingerprint density at radius 2 is 2.22 bits per heavy atom. The first-order chi connectivity index (χ1) is 8.54. The van der Waals surface area contributed by atoms with E-state index in [1.54, 1.807) is 32.2 Å². The second-order valence-electron chi connectivity index (χ2n) is 3.56. The fourth-order valence-electron chi connectivity index (χ4n) is 1.54. The van der Waals surface area contributed by atoms with Crippen LogP contribution in [-0.2, 0) is 0 Å². The summed E-state index contributed by atoms with van der Waals surface area (Å²) >= 11 is 3.39. The quantitative estimate of drug-likeness (QED) is 0.938. The molecule has 0 spiro atoms. The van der Waals surface area contributed by atoms with Crippen LogP contribution < -0.4 is 4.74 Å². The predicted octanol–water partition coefficient (Wildman–Crippen LogP) is 2.05. The monoisotopic (exact) mass is 311 g/mol. The fraction of sp³-hybridized carbons (Fsp3) is 0.182. The Labute approximate surface area is 111 Å². The lowest BCUT2D eigenvalue weighted by Crippen LogP contribution is -2.03. The molecule has 1 N–H and O–H groups in total. The van der Waals surface area contributed by atoms with Gasteiger partial charge in [-0.2, -0.15) is 0 Å². The summed E-state index contributed by atoms with van der Waals surface area (Å²) in [6.45, 7) is 1.65. The Bertz CT molecular complexity index is 610. The topological polar surface area (TPSA) is 77.2 Å². The van der Waals surface area contributed by atoms with E-state index in [1.165, 1.54) is 4.68 Å². The maximum atomic E-state index is 10.9. The maximum absolute atomic E-state index is 10.9. The highest BCUT2D eigenvalue weighted by atomic mass is 79.9. The number of methoxy groups -OCH3 is 1. The molecule has 94 valence electrons. The fourth-order valence-corrected chi connectivity index (χ4v) is 1.95. The van der Waals surface area contributed by atoms with Crippen molar-refractivity contribution in [2.75, 3.05) is 7.11 Å². The summed E-state index contributed by atoms with van der Waals surface area (Å²) in [6.07, 6.45) is 0. The lowest BCUT2D eigenvalue weighted by molar-refractivity contribution is 0.0689. The van der Waals surface area contributed by atoms with Gasteiger partial charge in [0.15, 0.2) is 5.69 Å². The van der Waals surface area contributed by atoms with Crippen LogP contribution in [0.2, 0.25) is 0 Å². The van der Waals surface area contributed by atoms with Gasteiger partial charge in [0.05, 0.1) is 18.5 Å². The van der Waals surface area contributed by atoms with Gasteiger partial charge in [-0.3, -0.25) is 0 Å². The minimum Gasteiger partial charge on any atom is -0.497 e. The van der Waals surface area contributed by atoms with E-state index in [2.05, 4.69) is 26.2 Å². The SMILES string of the molecule is COc1ccc(Br)c(-n2nnc(C(=O)O)c2C)c1. The van der Waals surface area contributed by atoms with Crippen LogP contribution in [0.25, 0.3) is 5.69 Å². The molecule has 0 saturated carbocycles. The van der Waals surface area contributed by atoms with Crippen LogP contribution in [0.4, 0.5) is 0 Å². The third-order valence-corrected chi connectivity index (χ3v) is 3.15. The van der Waals surface area contributed by atoms with Crippen molar-refractivity contribution in [2.24, 2.45) is 0 Å². The van der Waals surface area contributed by atoms with Crippen molar-refractivity contribution in [3.8, 4) is 11.4 Å². The summed E-state index contributed by atoms with van der Waals surface area (Å²) in [5.41, 5.74) is 1.06. The molecule has 6 nitrogen and oxygen atoms in total. The Hall–Kier alpha value is -1.89. The number of rotatable bonds is 3. The van der Waals surface area contributed by atoms with E-state index < -0.39 is 5.97 Å². The normalized spacial score (nSPS) is 10.4. The third-order valence-electron chi connectivity index (χ3n) is 2.48. The van der Waals surface area contributed by atoms with Gasteiger partial charge in [-0.25, -0.2) is 9.48 Å². The molecular weight excluding hydrogens is 302 g/mol. The molecule has 0 aliphatic rings. The Morgan fingerprint density at radius 1 is 1.50 bits per heavy atom. The summed E-state index contributed by atoms with van der Waals surface area (Å²) in [5.74, 6) is -0.447. The summed E-state index contributed by atoms with van der Waals surface area (Å²) in [5, 5.41) is 16.4. The zero-order valence-electron chi connectivity index (χ0n) is 9.72. The number of ether oxygens (including phenoxy) is 1. The van der Waals surface area contributed by atoms with E-state index in [-0.39, 0.29) is 5.69 Å². The molecule has 7 heteroatoms. The van der Waals surface area contributed by atoms with Crippen molar-refractivity contribution in [1.29, 1.82) is 0 Å². The standard InChI is InChI=1S/C11H10BrN3O3/c1-6-10(11(16)17)13-14-15(6)9-5-7(18-2)3-4-8(9)12/h3-5H,1-2H3,(H,16,17). The maximum Gasteiger partial charge on any atom is 0.358 e. The number of halogens is 1. The molecule has 0 aliphatic carbocycles. The lowest BCUT2D eigenvalue weighted by atomic mass is 10.3. The van der Waals surface area contributed by atoms with Crippen LogP contribution in [0.15, 0.2) is 22.7 Å². The average molecular weight is 312 g/mol. The zero-order chi connectivity index (χ0) is 13.3. The largest absolute Gasteiger partial charge is 0.497 e. The summed E-state index contributed by atoms with van der Waals surface area (Å²) < 4.78 is 7.35. The summed E-state index contributed by atoms with van der Waals surface area (Å²) in [7, 11) is 1.56. The van der Waals surface area contributed by atoms with Gasteiger partial charge in [-0.1, -0.05) is 5.21 Å². The number of hydrogen-bond donors (Lipinski definition) is 1. The van der Waals surface area contributed by atoms with Crippen molar-refractivity contribution < 1.29 is 14.6 Å². The number of benzene rings is 1. The number of carbonyl (C=O) groups is 1. The van der Waals surface area contributed by atoms with Gasteiger partial charge in [-0.05, 0) is 35.0 Å². The molecule has 0 radical (unpaired) electrons. The van der Waals surface area contributed by atoms with E-state index in [9.17, 15) is 4.79 Å². The van der Waals surface area contributed by atoms with Crippen molar-refractivity contribution in [3.05, 3.63) is 34.1 Å². The van der Waals surface area contributed by atoms with E-state index >= 15 is 0 Å². The van der Waals surface area contributed by atoms with Gasteiger partial charge in [0.2, 0.25) is 0 Å². The third kappa shape index (κ3) is 2.08. The number of hydrogen-bond acceptors (Lipinski definition) is 4. The van der Waals surface area contributed by atoms with Crippen LogP contribution >= 0.6 is 15.9 Å². The van der Waals surface area contributed by atoms with Crippen molar-refractivity contribution >= 4 is 21.9 Å². The van der Waals surface area contributed by atoms with Crippen LogP contribution in [-0.4, -0.2) is 33.2 Å². The molecule has 0 atom stereocenters. The summed E-state index contributed by atoms with van der Waals surface area (Å²) in [6, 6.07) is 5.34. The second kappa shape index (κ2) is 4.77. The van der Waals surface area contributed by atoms with Gasteiger partial charge in [0.25, 0.3) is 0 Å². The molecule has 1 aromatic heterocycles. The minimum atomic E-state index is -1.10. The van der Waals surface area contributed by atoms with Gasteiger partial charge < -0.3 is 9.84 Å². The number of nitrogens with zero attached hydrogens (tertiary/aromatic N) is 3. The first kappa shape index (κ1) is 12.6. The molecule has 0 fully saturated rings. The molecule has 0 amide bonds. The van der Waals surface area contributed by atoms with Gasteiger partial charge >= 0.3 is 5.97 Å². The van der Waals surface area contributed by atoms with Crippen LogP contribution in [0.3, 0.4) is 0 Å². The summed E-state index contributed by atoms with van der Waals surface area (Å²) in [4.78, 5) is 10.9. The van der Waals surface area contributed by atoms with E-state index in [0.29, 0.717) is 17.1 Å². The van der Waals surface area contributed by atoms with Crippen molar-refractivity contribution in [2.45, 2.75) is 6.92 Å². The lowest BCUT2D eigenvalue weighted by Gasteiger charge is -2.08. The molecule has 1 aromatic carbocycles. The van der Waals surface area contributed by atoms with Crippen LogP contribution in [0, 0.1) is 6.92 Å². The number of carboxylic acid groups (broad SMARTS) is 1. The number of aromatic nitrogens is 3. The van der Waals surface area contributed by atoms with Gasteiger partial charge in [0, 0.05) is 10.5 Å². The number of carboxylic acids is 1. The van der Waals surface area contributed by atoms with E-state index in [4.69, 9.17) is 9.84 Å². The van der Waals surface area contributed by atoms with Gasteiger partial charge in [-0.15, -0.1) is 5.10 Å². The average Bonchev–Trinajstić information content (AvgIpc) is 2.72. The zero-order valence-corrected chi connectivity index (χ0v) is 11.3. The highest BCUT2D eigenvalue weighted by Gasteiger charge is 2.17. The molecule has 0 aliphatic heterocycles.